The third kappa shape index (κ3) is 5.08. The summed E-state index contributed by atoms with van der Waals surface area (Å²) in [5, 5.41) is 0. The Hall–Kier alpha value is -1.84. The first-order valence-electron chi connectivity index (χ1n) is 8.77. The molecular formula is C20H28O4. The van der Waals surface area contributed by atoms with Gasteiger partial charge in [-0.15, -0.1) is 0 Å². The summed E-state index contributed by atoms with van der Waals surface area (Å²) in [6, 6.07) is 0. The number of carbonyl (C=O) groups is 2. The van der Waals surface area contributed by atoms with Gasteiger partial charge in [0, 0.05) is 17.9 Å². The van der Waals surface area contributed by atoms with Gasteiger partial charge in [-0.1, -0.05) is 32.1 Å². The SMILES string of the molecule is C=C1C(=O)O[C@@H]2/C=C(/COC(=O)CC(C)C)CC/C=C(/C)CCC12. The highest BCUT2D eigenvalue weighted by atomic mass is 16.6. The third-order valence-corrected chi connectivity index (χ3v) is 4.55. The van der Waals surface area contributed by atoms with Crippen LogP contribution in [0.1, 0.15) is 52.9 Å². The Labute approximate surface area is 144 Å². The lowest BCUT2D eigenvalue weighted by Crippen LogP contribution is -2.17. The zero-order chi connectivity index (χ0) is 17.7. The van der Waals surface area contributed by atoms with Crippen LogP contribution in [-0.2, 0) is 19.1 Å². The van der Waals surface area contributed by atoms with Crippen LogP contribution in [-0.4, -0.2) is 24.6 Å². The molecule has 0 radical (unpaired) electrons. The maximum absolute atomic E-state index is 11.9. The van der Waals surface area contributed by atoms with E-state index in [9.17, 15) is 9.59 Å². The first kappa shape index (κ1) is 18.5. The number of hydrogen-bond donors (Lipinski definition) is 0. The Balaban J connectivity index is 2.10. The number of ether oxygens (including phenoxy) is 2. The summed E-state index contributed by atoms with van der Waals surface area (Å²) in [6.07, 6.45) is 7.85. The second kappa shape index (κ2) is 8.32. The topological polar surface area (TPSA) is 52.6 Å². The summed E-state index contributed by atoms with van der Waals surface area (Å²) in [5.41, 5.74) is 2.88. The first-order valence-corrected chi connectivity index (χ1v) is 8.77. The zero-order valence-corrected chi connectivity index (χ0v) is 15.0. The highest BCUT2D eigenvalue weighted by molar-refractivity contribution is 5.91. The lowest BCUT2D eigenvalue weighted by molar-refractivity contribution is -0.143. The summed E-state index contributed by atoms with van der Waals surface area (Å²) < 4.78 is 10.9. The normalized spacial score (nSPS) is 29.2. The standard InChI is InChI=1S/C20H28O4/c1-13(2)10-19(21)23-12-16-7-5-6-14(3)8-9-17-15(4)20(22)24-18(17)11-16/h6,11,13,17-18H,4-5,7-10,12H2,1-3H3/b14-6-,16-11+/t17?,18-/m1/s1. The fraction of sp³-hybridized carbons (Fsp3) is 0.600. The highest BCUT2D eigenvalue weighted by Crippen LogP contribution is 2.34. The van der Waals surface area contributed by atoms with E-state index in [1.54, 1.807) is 0 Å². The molecule has 0 amide bonds. The highest BCUT2D eigenvalue weighted by Gasteiger charge is 2.37. The minimum atomic E-state index is -0.307. The van der Waals surface area contributed by atoms with E-state index in [1.807, 2.05) is 19.9 Å². The predicted molar refractivity (Wildman–Crippen MR) is 93.2 cm³/mol. The summed E-state index contributed by atoms with van der Waals surface area (Å²) in [4.78, 5) is 23.7. The van der Waals surface area contributed by atoms with Crippen LogP contribution in [0, 0.1) is 11.8 Å². The fourth-order valence-corrected chi connectivity index (χ4v) is 3.11. The number of esters is 2. The van der Waals surface area contributed by atoms with E-state index in [1.165, 1.54) is 5.57 Å². The van der Waals surface area contributed by atoms with Crippen LogP contribution in [0.4, 0.5) is 0 Å². The lowest BCUT2D eigenvalue weighted by atomic mass is 9.88. The van der Waals surface area contributed by atoms with Gasteiger partial charge in [0.1, 0.15) is 12.7 Å². The van der Waals surface area contributed by atoms with Crippen LogP contribution in [0.5, 0.6) is 0 Å². The summed E-state index contributed by atoms with van der Waals surface area (Å²) in [5.74, 6) is -0.192. The van der Waals surface area contributed by atoms with Gasteiger partial charge in [-0.25, -0.2) is 4.79 Å². The average Bonchev–Trinajstić information content (AvgIpc) is 2.76. The fourth-order valence-electron chi connectivity index (χ4n) is 3.11. The van der Waals surface area contributed by atoms with Gasteiger partial charge in [0.15, 0.2) is 0 Å². The molecule has 24 heavy (non-hydrogen) atoms. The van der Waals surface area contributed by atoms with Crippen molar-refractivity contribution in [2.75, 3.05) is 6.61 Å². The van der Waals surface area contributed by atoms with Crippen LogP contribution in [0.3, 0.4) is 0 Å². The second-order valence-electron chi connectivity index (χ2n) is 7.21. The van der Waals surface area contributed by atoms with E-state index in [4.69, 9.17) is 9.47 Å². The molecule has 2 atom stereocenters. The molecule has 1 fully saturated rings. The molecule has 1 heterocycles. The summed E-state index contributed by atoms with van der Waals surface area (Å²) in [6.45, 7) is 10.3. The molecule has 2 rings (SSSR count). The molecule has 0 bridgehead atoms. The molecule has 0 aromatic heterocycles. The molecule has 0 spiro atoms. The van der Waals surface area contributed by atoms with E-state index in [-0.39, 0.29) is 36.5 Å². The van der Waals surface area contributed by atoms with Crippen molar-refractivity contribution in [1.82, 2.24) is 0 Å². The van der Waals surface area contributed by atoms with Gasteiger partial charge in [0.2, 0.25) is 0 Å². The van der Waals surface area contributed by atoms with E-state index in [0.29, 0.717) is 12.0 Å². The summed E-state index contributed by atoms with van der Waals surface area (Å²) >= 11 is 0. The van der Waals surface area contributed by atoms with Crippen molar-refractivity contribution in [3.8, 4) is 0 Å². The number of allylic oxidation sites excluding steroid dienone is 2. The van der Waals surface area contributed by atoms with E-state index in [0.717, 1.165) is 31.3 Å². The van der Waals surface area contributed by atoms with Gasteiger partial charge >= 0.3 is 11.9 Å². The molecule has 1 aliphatic carbocycles. The second-order valence-corrected chi connectivity index (χ2v) is 7.21. The smallest absolute Gasteiger partial charge is 0.334 e. The van der Waals surface area contributed by atoms with Crippen LogP contribution in [0.2, 0.25) is 0 Å². The summed E-state index contributed by atoms with van der Waals surface area (Å²) in [7, 11) is 0. The van der Waals surface area contributed by atoms with Crippen LogP contribution < -0.4 is 0 Å². The van der Waals surface area contributed by atoms with Gasteiger partial charge in [-0.2, -0.15) is 0 Å². The van der Waals surface area contributed by atoms with E-state index >= 15 is 0 Å². The molecule has 4 nitrogen and oxygen atoms in total. The van der Waals surface area contributed by atoms with Gasteiger partial charge in [-0.05, 0) is 50.2 Å². The quantitative estimate of drug-likeness (QED) is 0.441. The van der Waals surface area contributed by atoms with Gasteiger partial charge in [0.25, 0.3) is 0 Å². The van der Waals surface area contributed by atoms with Crippen molar-refractivity contribution < 1.29 is 19.1 Å². The van der Waals surface area contributed by atoms with Crippen molar-refractivity contribution in [2.45, 2.75) is 59.0 Å². The number of rotatable bonds is 4. The molecule has 4 heteroatoms. The molecule has 2 aliphatic rings. The van der Waals surface area contributed by atoms with E-state index in [2.05, 4.69) is 19.6 Å². The number of fused-ring (bicyclic) bond motifs is 1. The molecule has 0 aromatic carbocycles. The molecule has 0 N–H and O–H groups in total. The van der Waals surface area contributed by atoms with Crippen molar-refractivity contribution in [3.63, 3.8) is 0 Å². The Morgan fingerprint density at radius 1 is 1.42 bits per heavy atom. The molecule has 1 unspecified atom stereocenters. The first-order chi connectivity index (χ1) is 11.4. The Morgan fingerprint density at radius 3 is 2.88 bits per heavy atom. The molecule has 1 saturated heterocycles. The van der Waals surface area contributed by atoms with Crippen molar-refractivity contribution >= 4 is 11.9 Å². The largest absolute Gasteiger partial charge is 0.461 e. The van der Waals surface area contributed by atoms with Crippen molar-refractivity contribution in [3.05, 3.63) is 35.5 Å². The Bertz CT molecular complexity index is 568. The van der Waals surface area contributed by atoms with Crippen molar-refractivity contribution in [1.29, 1.82) is 0 Å². The van der Waals surface area contributed by atoms with Crippen LogP contribution >= 0.6 is 0 Å². The minimum Gasteiger partial charge on any atom is -0.461 e. The third-order valence-electron chi connectivity index (χ3n) is 4.55. The average molecular weight is 332 g/mol. The predicted octanol–water partition coefficient (Wildman–Crippen LogP) is 4.12. The monoisotopic (exact) mass is 332 g/mol. The van der Waals surface area contributed by atoms with E-state index < -0.39 is 0 Å². The van der Waals surface area contributed by atoms with Gasteiger partial charge in [0.05, 0.1) is 0 Å². The Morgan fingerprint density at radius 2 is 2.17 bits per heavy atom. The zero-order valence-electron chi connectivity index (χ0n) is 15.0. The van der Waals surface area contributed by atoms with Crippen molar-refractivity contribution in [2.24, 2.45) is 11.8 Å². The molecular weight excluding hydrogens is 304 g/mol. The molecule has 1 aliphatic heterocycles. The van der Waals surface area contributed by atoms with Crippen LogP contribution in [0.15, 0.2) is 35.5 Å². The number of hydrogen-bond acceptors (Lipinski definition) is 4. The molecule has 132 valence electrons. The Kier molecular flexibility index (Phi) is 6.41. The van der Waals surface area contributed by atoms with Gasteiger partial charge < -0.3 is 9.47 Å². The number of carbonyl (C=O) groups excluding carboxylic acids is 2. The molecule has 0 aromatic rings. The maximum atomic E-state index is 11.9. The van der Waals surface area contributed by atoms with Gasteiger partial charge in [-0.3, -0.25) is 4.79 Å². The maximum Gasteiger partial charge on any atom is 0.334 e. The molecule has 0 saturated carbocycles. The lowest BCUT2D eigenvalue weighted by Gasteiger charge is -2.18. The minimum absolute atomic E-state index is 0.0142. The van der Waals surface area contributed by atoms with Crippen LogP contribution in [0.25, 0.3) is 0 Å².